The van der Waals surface area contributed by atoms with Crippen LogP contribution in [-0.2, 0) is 4.79 Å². The number of nitrogens with one attached hydrogen (secondary N) is 1. The van der Waals surface area contributed by atoms with Gasteiger partial charge in [-0.25, -0.2) is 8.78 Å². The molecule has 20 heavy (non-hydrogen) atoms. The number of benzene rings is 1. The molecule has 3 nitrogen and oxygen atoms in total. The van der Waals surface area contributed by atoms with Crippen molar-refractivity contribution in [3.05, 3.63) is 29.8 Å². The van der Waals surface area contributed by atoms with Crippen LogP contribution in [-0.4, -0.2) is 17.2 Å². The highest BCUT2D eigenvalue weighted by atomic mass is 32.2. The van der Waals surface area contributed by atoms with E-state index in [1.165, 1.54) is 0 Å². The fraction of sp³-hybridized carbons (Fsp3) is 0.429. The van der Waals surface area contributed by atoms with Crippen LogP contribution in [0.3, 0.4) is 0 Å². The summed E-state index contributed by atoms with van der Waals surface area (Å²) in [6.07, 6.45) is 0. The monoisotopic (exact) mass is 298 g/mol. The van der Waals surface area contributed by atoms with Gasteiger partial charge >= 0.3 is 0 Å². The van der Waals surface area contributed by atoms with Gasteiger partial charge in [0.2, 0.25) is 5.91 Å². The molecule has 1 aromatic rings. The highest BCUT2D eigenvalue weighted by Crippen LogP contribution is 2.23. The summed E-state index contributed by atoms with van der Waals surface area (Å²) in [4.78, 5) is 11.9. The van der Waals surface area contributed by atoms with Crippen molar-refractivity contribution in [2.45, 2.75) is 31.2 Å². The van der Waals surface area contributed by atoms with Crippen molar-refractivity contribution in [3.63, 3.8) is 0 Å². The maximum absolute atomic E-state index is 13.4. The van der Waals surface area contributed by atoms with E-state index in [9.17, 15) is 13.6 Å². The number of halogens is 2. The lowest BCUT2D eigenvalue weighted by atomic mass is 9.90. The quantitative estimate of drug-likeness (QED) is 0.850. The van der Waals surface area contributed by atoms with Crippen LogP contribution in [0.15, 0.2) is 23.1 Å². The predicted octanol–water partition coefficient (Wildman–Crippen LogP) is 3.11. The van der Waals surface area contributed by atoms with E-state index in [0.717, 1.165) is 30.0 Å². The zero-order chi connectivity index (χ0) is 15.3. The van der Waals surface area contributed by atoms with Crippen LogP contribution in [0.1, 0.15) is 20.8 Å². The Labute approximate surface area is 121 Å². The number of thioether (sulfide) groups is 1. The molecule has 6 heteroatoms. The van der Waals surface area contributed by atoms with Crippen molar-refractivity contribution < 1.29 is 13.6 Å². The molecule has 0 aliphatic heterocycles. The number of carbonyl (C=O) groups is 1. The third-order valence-corrected chi connectivity index (χ3v) is 4.07. The number of hydrogen-bond donors (Lipinski definition) is 1. The molecule has 108 valence electrons. The molecule has 0 heterocycles. The van der Waals surface area contributed by atoms with Crippen molar-refractivity contribution in [1.82, 2.24) is 5.32 Å². The Morgan fingerprint density at radius 3 is 2.70 bits per heavy atom. The summed E-state index contributed by atoms with van der Waals surface area (Å²) in [6, 6.07) is 5.13. The third-order valence-electron chi connectivity index (χ3n) is 3.04. The Hall–Kier alpha value is -1.61. The fourth-order valence-electron chi connectivity index (χ4n) is 1.36. The molecule has 0 aliphatic carbocycles. The minimum absolute atomic E-state index is 0.0626. The van der Waals surface area contributed by atoms with Crippen LogP contribution >= 0.6 is 11.8 Å². The molecule has 0 radical (unpaired) electrons. The first-order valence-electron chi connectivity index (χ1n) is 6.08. The SMILES string of the molecule is CC(C)[C@@](C)(C#N)NC(=O)CSc1cc(F)ccc1F. The maximum Gasteiger partial charge on any atom is 0.231 e. The number of hydrogen-bond acceptors (Lipinski definition) is 3. The lowest BCUT2D eigenvalue weighted by Gasteiger charge is -2.27. The van der Waals surface area contributed by atoms with E-state index in [-0.39, 0.29) is 16.6 Å². The van der Waals surface area contributed by atoms with Gasteiger partial charge in [0.25, 0.3) is 0 Å². The van der Waals surface area contributed by atoms with E-state index in [1.807, 2.05) is 13.8 Å². The summed E-state index contributed by atoms with van der Waals surface area (Å²) in [5, 5.41) is 11.7. The van der Waals surface area contributed by atoms with Crippen molar-refractivity contribution in [2.75, 3.05) is 5.75 Å². The van der Waals surface area contributed by atoms with Crippen molar-refractivity contribution in [2.24, 2.45) is 5.92 Å². The highest BCUT2D eigenvalue weighted by Gasteiger charge is 2.29. The molecule has 0 fully saturated rings. The van der Waals surface area contributed by atoms with Gasteiger partial charge < -0.3 is 5.32 Å². The first kappa shape index (κ1) is 16.4. The van der Waals surface area contributed by atoms with Gasteiger partial charge in [-0.2, -0.15) is 5.26 Å². The second-order valence-electron chi connectivity index (χ2n) is 4.88. The van der Waals surface area contributed by atoms with Crippen LogP contribution in [0.5, 0.6) is 0 Å². The molecule has 1 N–H and O–H groups in total. The van der Waals surface area contributed by atoms with Crippen LogP contribution in [0.2, 0.25) is 0 Å². The Morgan fingerprint density at radius 1 is 1.50 bits per heavy atom. The van der Waals surface area contributed by atoms with E-state index in [1.54, 1.807) is 6.92 Å². The lowest BCUT2D eigenvalue weighted by molar-refractivity contribution is -0.120. The van der Waals surface area contributed by atoms with E-state index in [0.29, 0.717) is 0 Å². The van der Waals surface area contributed by atoms with Gasteiger partial charge in [0, 0.05) is 4.90 Å². The van der Waals surface area contributed by atoms with Gasteiger partial charge in [0.15, 0.2) is 0 Å². The zero-order valence-corrected chi connectivity index (χ0v) is 12.4. The van der Waals surface area contributed by atoms with E-state index < -0.39 is 23.1 Å². The summed E-state index contributed by atoms with van der Waals surface area (Å²) in [7, 11) is 0. The van der Waals surface area contributed by atoms with Crippen molar-refractivity contribution >= 4 is 17.7 Å². The summed E-state index contributed by atoms with van der Waals surface area (Å²) >= 11 is 0.896. The minimum atomic E-state index is -0.974. The Bertz CT molecular complexity index is 542. The normalized spacial score (nSPS) is 13.7. The molecule has 0 saturated heterocycles. The van der Waals surface area contributed by atoms with Gasteiger partial charge in [-0.1, -0.05) is 13.8 Å². The highest BCUT2D eigenvalue weighted by molar-refractivity contribution is 8.00. The number of nitrogens with zero attached hydrogens (tertiary/aromatic N) is 1. The first-order chi connectivity index (χ1) is 9.28. The topological polar surface area (TPSA) is 52.9 Å². The molecular formula is C14H16F2N2OS. The molecule has 1 amide bonds. The average molecular weight is 298 g/mol. The van der Waals surface area contributed by atoms with E-state index in [4.69, 9.17) is 5.26 Å². The summed E-state index contributed by atoms with van der Waals surface area (Å²) < 4.78 is 26.4. The summed E-state index contributed by atoms with van der Waals surface area (Å²) in [6.45, 7) is 5.27. The molecule has 0 unspecified atom stereocenters. The molecule has 0 bridgehead atoms. The van der Waals surface area contributed by atoms with Crippen LogP contribution < -0.4 is 5.32 Å². The Balaban J connectivity index is 2.65. The van der Waals surface area contributed by atoms with Crippen molar-refractivity contribution in [1.29, 1.82) is 5.26 Å². The second kappa shape index (κ2) is 6.71. The second-order valence-corrected chi connectivity index (χ2v) is 5.90. The smallest absolute Gasteiger partial charge is 0.231 e. The molecule has 1 aromatic carbocycles. The van der Waals surface area contributed by atoms with Gasteiger partial charge in [-0.05, 0) is 31.0 Å². The summed E-state index contributed by atoms with van der Waals surface area (Å²) in [5.74, 6) is -1.66. The number of carbonyl (C=O) groups excluding carboxylic acids is 1. The number of rotatable bonds is 5. The molecule has 0 aromatic heterocycles. The maximum atomic E-state index is 13.4. The van der Waals surface area contributed by atoms with Crippen LogP contribution in [0.4, 0.5) is 8.78 Å². The zero-order valence-electron chi connectivity index (χ0n) is 11.5. The molecule has 0 aliphatic rings. The number of amides is 1. The van der Waals surface area contributed by atoms with Crippen LogP contribution in [0, 0.1) is 28.9 Å². The molecule has 0 spiro atoms. The predicted molar refractivity (Wildman–Crippen MR) is 74.1 cm³/mol. The van der Waals surface area contributed by atoms with Gasteiger partial charge in [-0.15, -0.1) is 11.8 Å². The molecular weight excluding hydrogens is 282 g/mol. The first-order valence-corrected chi connectivity index (χ1v) is 7.07. The van der Waals surface area contributed by atoms with Crippen LogP contribution in [0.25, 0.3) is 0 Å². The van der Waals surface area contributed by atoms with Gasteiger partial charge in [-0.3, -0.25) is 4.79 Å². The van der Waals surface area contributed by atoms with Crippen molar-refractivity contribution in [3.8, 4) is 6.07 Å². The van der Waals surface area contributed by atoms with E-state index in [2.05, 4.69) is 11.4 Å². The number of nitriles is 1. The molecule has 1 rings (SSSR count). The molecule has 1 atom stereocenters. The summed E-state index contributed by atoms with van der Waals surface area (Å²) in [5.41, 5.74) is -0.974. The van der Waals surface area contributed by atoms with Gasteiger partial charge in [0.05, 0.1) is 11.8 Å². The fourth-order valence-corrected chi connectivity index (χ4v) is 2.12. The third kappa shape index (κ3) is 4.20. The molecule has 0 saturated carbocycles. The average Bonchev–Trinajstić information content (AvgIpc) is 2.39. The minimum Gasteiger partial charge on any atom is -0.337 e. The van der Waals surface area contributed by atoms with Gasteiger partial charge in [0.1, 0.15) is 17.2 Å². The standard InChI is InChI=1S/C14H16F2N2OS/c1-9(2)14(3,8-17)18-13(19)7-20-12-6-10(15)4-5-11(12)16/h4-6,9H,7H2,1-3H3,(H,18,19)/t14-/m1/s1. The lowest BCUT2D eigenvalue weighted by Crippen LogP contribution is -2.49. The Morgan fingerprint density at radius 2 is 2.15 bits per heavy atom. The van der Waals surface area contributed by atoms with E-state index >= 15 is 0 Å². The Kier molecular flexibility index (Phi) is 5.52. The largest absolute Gasteiger partial charge is 0.337 e.